The van der Waals surface area contributed by atoms with Crippen molar-refractivity contribution in [1.82, 2.24) is 15.5 Å². The zero-order valence-corrected chi connectivity index (χ0v) is 15.0. The summed E-state index contributed by atoms with van der Waals surface area (Å²) in [5.41, 5.74) is 1.30. The third-order valence-electron chi connectivity index (χ3n) is 4.71. The third kappa shape index (κ3) is 3.86. The zero-order chi connectivity index (χ0) is 16.3. The van der Waals surface area contributed by atoms with Crippen LogP contribution in [-0.2, 0) is 11.3 Å². The molecule has 3 rings (SSSR count). The molecule has 2 N–H and O–H groups in total. The summed E-state index contributed by atoms with van der Waals surface area (Å²) in [6.45, 7) is 3.43. The molecule has 0 aliphatic carbocycles. The Balaban J connectivity index is 1.63. The second-order valence-corrected chi connectivity index (χ2v) is 7.42. The van der Waals surface area contributed by atoms with Crippen molar-refractivity contribution in [3.8, 4) is 0 Å². The van der Waals surface area contributed by atoms with E-state index in [2.05, 4.69) is 48.6 Å². The summed E-state index contributed by atoms with van der Waals surface area (Å²) in [5, 5.41) is 6.44. The van der Waals surface area contributed by atoms with Crippen molar-refractivity contribution in [2.45, 2.75) is 25.8 Å². The zero-order valence-electron chi connectivity index (χ0n) is 13.4. The number of nitrogens with one attached hydrogen (secondary N) is 2. The molecule has 124 valence electrons. The fourth-order valence-corrected chi connectivity index (χ4v) is 4.04. The Hall–Kier alpha value is -1.56. The number of benzene rings is 1. The van der Waals surface area contributed by atoms with Gasteiger partial charge in [0.2, 0.25) is 5.91 Å². The maximum atomic E-state index is 11.6. The number of piperidine rings is 1. The van der Waals surface area contributed by atoms with E-state index in [0.717, 1.165) is 49.5 Å². The monoisotopic (exact) mass is 378 g/mol. The maximum Gasteiger partial charge on any atom is 0.220 e. The first kappa shape index (κ1) is 16.3. The van der Waals surface area contributed by atoms with Crippen LogP contribution in [0.15, 0.2) is 33.7 Å². The Morgan fingerprint density at radius 1 is 1.52 bits per heavy atom. The lowest BCUT2D eigenvalue weighted by molar-refractivity contribution is -0.119. The summed E-state index contributed by atoms with van der Waals surface area (Å²) < 4.78 is 1.08. The first-order chi connectivity index (χ1) is 11.1. The molecule has 2 heterocycles. The van der Waals surface area contributed by atoms with Crippen molar-refractivity contribution in [2.24, 2.45) is 10.4 Å². The molecule has 0 bridgehead atoms. The average Bonchev–Trinajstić information content (AvgIpc) is 2.88. The van der Waals surface area contributed by atoms with Gasteiger partial charge in [-0.25, -0.2) is 0 Å². The minimum Gasteiger partial charge on any atom is -0.355 e. The molecule has 1 amide bonds. The van der Waals surface area contributed by atoms with Crippen LogP contribution < -0.4 is 10.6 Å². The highest BCUT2D eigenvalue weighted by Crippen LogP contribution is 2.35. The van der Waals surface area contributed by atoms with Crippen molar-refractivity contribution >= 4 is 27.8 Å². The lowest BCUT2D eigenvalue weighted by Gasteiger charge is -2.40. The molecular weight excluding hydrogens is 356 g/mol. The molecule has 2 aliphatic heterocycles. The maximum absolute atomic E-state index is 11.6. The quantitative estimate of drug-likeness (QED) is 0.612. The number of hydrogen-bond acceptors (Lipinski definition) is 2. The highest BCUT2D eigenvalue weighted by atomic mass is 79.9. The van der Waals surface area contributed by atoms with Crippen LogP contribution in [0.2, 0.25) is 0 Å². The van der Waals surface area contributed by atoms with Crippen molar-refractivity contribution in [1.29, 1.82) is 0 Å². The van der Waals surface area contributed by atoms with Gasteiger partial charge in [-0.2, -0.15) is 0 Å². The SMILES string of the molecule is CN=C(NCc1cccc(Br)c1)N1CCCC2(CNC(=O)C2)C1. The molecule has 5 nitrogen and oxygen atoms in total. The van der Waals surface area contributed by atoms with Crippen molar-refractivity contribution in [3.63, 3.8) is 0 Å². The van der Waals surface area contributed by atoms with Crippen LogP contribution in [0.25, 0.3) is 0 Å². The number of guanidine groups is 1. The van der Waals surface area contributed by atoms with Crippen molar-refractivity contribution in [2.75, 3.05) is 26.7 Å². The largest absolute Gasteiger partial charge is 0.355 e. The van der Waals surface area contributed by atoms with E-state index in [0.29, 0.717) is 6.42 Å². The van der Waals surface area contributed by atoms with Gasteiger partial charge in [0.25, 0.3) is 0 Å². The number of aliphatic imine (C=N–C) groups is 1. The first-order valence-electron chi connectivity index (χ1n) is 8.07. The third-order valence-corrected chi connectivity index (χ3v) is 5.20. The van der Waals surface area contributed by atoms with Crippen molar-refractivity contribution < 1.29 is 4.79 Å². The molecule has 1 atom stereocenters. The topological polar surface area (TPSA) is 56.7 Å². The number of hydrogen-bond donors (Lipinski definition) is 2. The number of amides is 1. The number of halogens is 1. The molecule has 1 aromatic carbocycles. The van der Waals surface area contributed by atoms with E-state index in [-0.39, 0.29) is 11.3 Å². The Bertz CT molecular complexity index is 618. The normalized spacial score (nSPS) is 24.9. The molecule has 2 fully saturated rings. The Morgan fingerprint density at radius 2 is 2.39 bits per heavy atom. The molecule has 23 heavy (non-hydrogen) atoms. The smallest absolute Gasteiger partial charge is 0.220 e. The minimum absolute atomic E-state index is 0.0860. The van der Waals surface area contributed by atoms with Crippen LogP contribution in [0.3, 0.4) is 0 Å². The summed E-state index contributed by atoms with van der Waals surface area (Å²) in [5.74, 6) is 1.10. The van der Waals surface area contributed by atoms with Gasteiger partial charge in [-0.15, -0.1) is 0 Å². The second-order valence-electron chi connectivity index (χ2n) is 6.51. The number of likely N-dealkylation sites (tertiary alicyclic amines) is 1. The average molecular weight is 379 g/mol. The lowest BCUT2D eigenvalue weighted by atomic mass is 9.79. The number of carbonyl (C=O) groups excluding carboxylic acids is 1. The van der Waals surface area contributed by atoms with E-state index in [1.54, 1.807) is 0 Å². The Kier molecular flexibility index (Phi) is 4.90. The van der Waals surface area contributed by atoms with Gasteiger partial charge >= 0.3 is 0 Å². The molecule has 6 heteroatoms. The number of carbonyl (C=O) groups is 1. The fourth-order valence-electron chi connectivity index (χ4n) is 3.59. The summed E-state index contributed by atoms with van der Waals surface area (Å²) in [6.07, 6.45) is 2.86. The van der Waals surface area contributed by atoms with E-state index in [1.165, 1.54) is 5.56 Å². The number of rotatable bonds is 2. The standard InChI is InChI=1S/C17H23BrN4O/c1-19-16(20-10-13-4-2-5-14(18)8-13)22-7-3-6-17(12-22)9-15(23)21-11-17/h2,4-5,8H,3,6-7,9-12H2,1H3,(H,19,20)(H,21,23). The highest BCUT2D eigenvalue weighted by molar-refractivity contribution is 9.10. The predicted octanol–water partition coefficient (Wildman–Crippen LogP) is 2.13. The predicted molar refractivity (Wildman–Crippen MR) is 95.2 cm³/mol. The van der Waals surface area contributed by atoms with E-state index in [1.807, 2.05) is 19.2 Å². The molecule has 2 saturated heterocycles. The van der Waals surface area contributed by atoms with Gasteiger partial charge in [-0.05, 0) is 30.5 Å². The summed E-state index contributed by atoms with van der Waals surface area (Å²) in [4.78, 5) is 18.4. The first-order valence-corrected chi connectivity index (χ1v) is 8.86. The molecule has 2 aliphatic rings. The Labute approximate surface area is 145 Å². The molecular formula is C17H23BrN4O. The van der Waals surface area contributed by atoms with Gasteiger partial charge in [0.15, 0.2) is 5.96 Å². The van der Waals surface area contributed by atoms with E-state index >= 15 is 0 Å². The van der Waals surface area contributed by atoms with E-state index < -0.39 is 0 Å². The van der Waals surface area contributed by atoms with Gasteiger partial charge in [0.05, 0.1) is 0 Å². The molecule has 1 aromatic rings. The van der Waals surface area contributed by atoms with E-state index in [4.69, 9.17) is 0 Å². The van der Waals surface area contributed by atoms with Gasteiger partial charge in [-0.1, -0.05) is 28.1 Å². The van der Waals surface area contributed by atoms with Crippen LogP contribution in [-0.4, -0.2) is 43.4 Å². The summed E-state index contributed by atoms with van der Waals surface area (Å²) in [7, 11) is 1.82. The number of nitrogens with zero attached hydrogens (tertiary/aromatic N) is 2. The van der Waals surface area contributed by atoms with Gasteiger partial charge in [-0.3, -0.25) is 9.79 Å². The molecule has 0 aromatic heterocycles. The van der Waals surface area contributed by atoms with Gasteiger partial charge in [0, 0.05) is 49.5 Å². The highest BCUT2D eigenvalue weighted by Gasteiger charge is 2.42. The lowest BCUT2D eigenvalue weighted by Crippen LogP contribution is -2.51. The van der Waals surface area contributed by atoms with Crippen LogP contribution in [0, 0.1) is 5.41 Å². The molecule has 1 spiro atoms. The van der Waals surface area contributed by atoms with Gasteiger partial charge < -0.3 is 15.5 Å². The molecule has 1 unspecified atom stereocenters. The Morgan fingerprint density at radius 3 is 3.09 bits per heavy atom. The fraction of sp³-hybridized carbons (Fsp3) is 0.529. The van der Waals surface area contributed by atoms with Gasteiger partial charge in [0.1, 0.15) is 0 Å². The van der Waals surface area contributed by atoms with Crippen LogP contribution >= 0.6 is 15.9 Å². The van der Waals surface area contributed by atoms with Crippen LogP contribution in [0.4, 0.5) is 0 Å². The molecule has 0 radical (unpaired) electrons. The second kappa shape index (κ2) is 6.91. The summed E-state index contributed by atoms with van der Waals surface area (Å²) >= 11 is 3.50. The molecule has 0 saturated carbocycles. The van der Waals surface area contributed by atoms with Crippen LogP contribution in [0.5, 0.6) is 0 Å². The van der Waals surface area contributed by atoms with E-state index in [9.17, 15) is 4.79 Å². The summed E-state index contributed by atoms with van der Waals surface area (Å²) in [6, 6.07) is 8.27. The van der Waals surface area contributed by atoms with Crippen LogP contribution in [0.1, 0.15) is 24.8 Å². The van der Waals surface area contributed by atoms with Crippen molar-refractivity contribution in [3.05, 3.63) is 34.3 Å². The minimum atomic E-state index is 0.0860.